The van der Waals surface area contributed by atoms with E-state index in [4.69, 9.17) is 5.73 Å². The highest BCUT2D eigenvalue weighted by atomic mass is 16.2. The fourth-order valence-corrected chi connectivity index (χ4v) is 4.60. The van der Waals surface area contributed by atoms with Crippen molar-refractivity contribution in [2.75, 3.05) is 25.4 Å². The molecule has 34 heavy (non-hydrogen) atoms. The number of nitrogens with two attached hydrogens (primary N) is 1. The molecule has 2 aliphatic rings. The van der Waals surface area contributed by atoms with Crippen LogP contribution in [0.3, 0.4) is 0 Å². The number of ketones is 1. The van der Waals surface area contributed by atoms with Gasteiger partial charge in [0.1, 0.15) is 11.4 Å². The molecule has 2 fully saturated rings. The van der Waals surface area contributed by atoms with Gasteiger partial charge >= 0.3 is 5.69 Å². The lowest BCUT2D eigenvalue weighted by Crippen LogP contribution is -2.52. The largest absolute Gasteiger partial charge is 0.384 e. The summed E-state index contributed by atoms with van der Waals surface area (Å²) in [7, 11) is 0. The van der Waals surface area contributed by atoms with E-state index in [0.29, 0.717) is 25.4 Å². The van der Waals surface area contributed by atoms with Crippen LogP contribution in [0.4, 0.5) is 5.82 Å². The molecule has 1 amide bonds. The SMILES string of the molecule is CCn1c(=O)c(C(=O)CN2CCCC[C@@H]2C(=O)NCC2CC2)c(N)n(Cc2ccccc2)c1=O. The first kappa shape index (κ1) is 23.9. The summed E-state index contributed by atoms with van der Waals surface area (Å²) in [6.07, 6.45) is 4.76. The van der Waals surface area contributed by atoms with Crippen LogP contribution in [0.1, 0.15) is 54.9 Å². The summed E-state index contributed by atoms with van der Waals surface area (Å²) in [4.78, 5) is 54.1. The van der Waals surface area contributed by atoms with Crippen molar-refractivity contribution in [1.82, 2.24) is 19.4 Å². The van der Waals surface area contributed by atoms with E-state index in [-0.39, 0.29) is 36.9 Å². The number of amides is 1. The van der Waals surface area contributed by atoms with Gasteiger partial charge in [0.25, 0.3) is 5.56 Å². The lowest BCUT2D eigenvalue weighted by atomic mass is 10.00. The molecule has 0 radical (unpaired) electrons. The van der Waals surface area contributed by atoms with Crippen LogP contribution in [0.25, 0.3) is 0 Å². The standard InChI is InChI=1S/C25H33N5O4/c1-2-29-24(33)21(22(26)30(25(29)34)15-18-8-4-3-5-9-18)20(31)16-28-13-7-6-10-19(28)23(32)27-14-17-11-12-17/h3-5,8-9,17,19H,2,6-7,10-16,26H2,1H3,(H,27,32)/t19-/m1/s1. The molecule has 0 spiro atoms. The number of rotatable bonds is 9. The predicted molar refractivity (Wildman–Crippen MR) is 130 cm³/mol. The van der Waals surface area contributed by atoms with Gasteiger partial charge in [-0.25, -0.2) is 4.79 Å². The van der Waals surface area contributed by atoms with E-state index in [1.807, 2.05) is 35.2 Å². The van der Waals surface area contributed by atoms with Crippen molar-refractivity contribution in [2.24, 2.45) is 5.92 Å². The number of anilines is 1. The number of nitrogens with zero attached hydrogens (tertiary/aromatic N) is 3. The third-order valence-corrected chi connectivity index (χ3v) is 6.77. The fraction of sp³-hybridized carbons (Fsp3) is 0.520. The normalized spacial score (nSPS) is 18.6. The van der Waals surface area contributed by atoms with Crippen molar-refractivity contribution in [2.45, 2.75) is 58.2 Å². The van der Waals surface area contributed by atoms with Crippen LogP contribution in [0, 0.1) is 5.92 Å². The van der Waals surface area contributed by atoms with Crippen LogP contribution >= 0.6 is 0 Å². The van der Waals surface area contributed by atoms with Crippen molar-refractivity contribution in [3.8, 4) is 0 Å². The lowest BCUT2D eigenvalue weighted by Gasteiger charge is -2.34. The predicted octanol–water partition coefficient (Wildman–Crippen LogP) is 1.22. The van der Waals surface area contributed by atoms with Crippen molar-refractivity contribution >= 4 is 17.5 Å². The Kier molecular flexibility index (Phi) is 7.31. The topological polar surface area (TPSA) is 119 Å². The second-order valence-electron chi connectivity index (χ2n) is 9.26. The Morgan fingerprint density at radius 1 is 1.06 bits per heavy atom. The Balaban J connectivity index is 1.61. The van der Waals surface area contributed by atoms with Gasteiger partial charge in [0, 0.05) is 13.1 Å². The van der Waals surface area contributed by atoms with Gasteiger partial charge in [-0.3, -0.25) is 28.4 Å². The minimum atomic E-state index is -0.675. The van der Waals surface area contributed by atoms with Gasteiger partial charge in [-0.15, -0.1) is 0 Å². The first-order chi connectivity index (χ1) is 16.4. The van der Waals surface area contributed by atoms with Crippen LogP contribution in [0.15, 0.2) is 39.9 Å². The molecule has 1 atom stereocenters. The third-order valence-electron chi connectivity index (χ3n) is 6.77. The maximum atomic E-state index is 13.4. The average Bonchev–Trinajstić information content (AvgIpc) is 3.66. The zero-order chi connectivity index (χ0) is 24.2. The summed E-state index contributed by atoms with van der Waals surface area (Å²) in [6.45, 7) is 3.15. The summed E-state index contributed by atoms with van der Waals surface area (Å²) in [5, 5.41) is 3.01. The molecule has 1 saturated heterocycles. The monoisotopic (exact) mass is 467 g/mol. The average molecular weight is 468 g/mol. The van der Waals surface area contributed by atoms with Gasteiger partial charge in [0.05, 0.1) is 19.1 Å². The van der Waals surface area contributed by atoms with Gasteiger partial charge in [-0.1, -0.05) is 36.8 Å². The number of aromatic nitrogens is 2. The Bertz CT molecular complexity index is 1170. The Morgan fingerprint density at radius 2 is 1.79 bits per heavy atom. The van der Waals surface area contributed by atoms with Crippen molar-refractivity contribution in [3.05, 3.63) is 62.3 Å². The number of nitrogen functional groups attached to an aromatic ring is 1. The van der Waals surface area contributed by atoms with Gasteiger partial charge < -0.3 is 11.1 Å². The van der Waals surface area contributed by atoms with Gasteiger partial charge in [-0.2, -0.15) is 0 Å². The number of Topliss-reactive ketones (excluding diaryl/α,β-unsaturated/α-hetero) is 1. The van der Waals surface area contributed by atoms with Crippen LogP contribution in [-0.4, -0.2) is 51.4 Å². The van der Waals surface area contributed by atoms with Crippen LogP contribution in [0.2, 0.25) is 0 Å². The first-order valence-electron chi connectivity index (χ1n) is 12.1. The highest BCUT2D eigenvalue weighted by Gasteiger charge is 2.33. The fourth-order valence-electron chi connectivity index (χ4n) is 4.60. The van der Waals surface area contributed by atoms with E-state index >= 15 is 0 Å². The maximum absolute atomic E-state index is 13.4. The highest BCUT2D eigenvalue weighted by molar-refractivity contribution is 6.01. The molecule has 1 saturated carbocycles. The molecule has 9 heteroatoms. The molecule has 9 nitrogen and oxygen atoms in total. The summed E-state index contributed by atoms with van der Waals surface area (Å²) >= 11 is 0. The highest BCUT2D eigenvalue weighted by Crippen LogP contribution is 2.28. The zero-order valence-electron chi connectivity index (χ0n) is 19.7. The summed E-state index contributed by atoms with van der Waals surface area (Å²) in [6, 6.07) is 8.88. The van der Waals surface area contributed by atoms with Crippen LogP contribution < -0.4 is 22.3 Å². The number of piperidine rings is 1. The molecule has 2 heterocycles. The van der Waals surface area contributed by atoms with Crippen LogP contribution in [0.5, 0.6) is 0 Å². The van der Waals surface area contributed by atoms with Crippen molar-refractivity contribution in [3.63, 3.8) is 0 Å². The lowest BCUT2D eigenvalue weighted by molar-refractivity contribution is -0.127. The molecule has 2 aromatic rings. The molecule has 1 aromatic carbocycles. The Labute approximate surface area is 198 Å². The van der Waals surface area contributed by atoms with E-state index in [2.05, 4.69) is 5.32 Å². The molecule has 1 aliphatic heterocycles. The molecule has 1 aromatic heterocycles. The number of benzene rings is 1. The maximum Gasteiger partial charge on any atom is 0.332 e. The van der Waals surface area contributed by atoms with E-state index in [0.717, 1.165) is 35.8 Å². The second kappa shape index (κ2) is 10.4. The Morgan fingerprint density at radius 3 is 2.47 bits per heavy atom. The zero-order valence-corrected chi connectivity index (χ0v) is 19.7. The number of nitrogens with one attached hydrogen (secondary N) is 1. The molecule has 1 aliphatic carbocycles. The molecule has 182 valence electrons. The molecule has 0 unspecified atom stereocenters. The molecule has 3 N–H and O–H groups in total. The quantitative estimate of drug-likeness (QED) is 0.535. The second-order valence-corrected chi connectivity index (χ2v) is 9.26. The van der Waals surface area contributed by atoms with E-state index in [1.165, 1.54) is 4.57 Å². The van der Waals surface area contributed by atoms with Gasteiger partial charge in [0.2, 0.25) is 5.91 Å². The summed E-state index contributed by atoms with van der Waals surface area (Å²) < 4.78 is 2.33. The number of carbonyl (C=O) groups excluding carboxylic acids is 2. The molecule has 4 rings (SSSR count). The molecule has 0 bridgehead atoms. The number of likely N-dealkylation sites (tertiary alicyclic amines) is 1. The minimum Gasteiger partial charge on any atom is -0.384 e. The number of hydrogen-bond donors (Lipinski definition) is 2. The molecular weight excluding hydrogens is 434 g/mol. The van der Waals surface area contributed by atoms with E-state index < -0.39 is 23.1 Å². The first-order valence-corrected chi connectivity index (χ1v) is 12.1. The molecular formula is C25H33N5O4. The van der Waals surface area contributed by atoms with Gasteiger partial charge in [0.15, 0.2) is 5.78 Å². The van der Waals surface area contributed by atoms with Crippen molar-refractivity contribution in [1.29, 1.82) is 0 Å². The van der Waals surface area contributed by atoms with Crippen molar-refractivity contribution < 1.29 is 9.59 Å². The summed E-state index contributed by atoms with van der Waals surface area (Å²) in [5.74, 6) is -0.0818. The Hall–Kier alpha value is -3.20. The van der Waals surface area contributed by atoms with E-state index in [9.17, 15) is 19.2 Å². The smallest absolute Gasteiger partial charge is 0.332 e. The van der Waals surface area contributed by atoms with Crippen LogP contribution in [-0.2, 0) is 17.9 Å². The number of hydrogen-bond acceptors (Lipinski definition) is 6. The van der Waals surface area contributed by atoms with E-state index in [1.54, 1.807) is 6.92 Å². The van der Waals surface area contributed by atoms with Gasteiger partial charge in [-0.05, 0) is 50.6 Å². The minimum absolute atomic E-state index is 0.0626. The third kappa shape index (κ3) is 5.14. The summed E-state index contributed by atoms with van der Waals surface area (Å²) in [5.41, 5.74) is 5.71. The number of carbonyl (C=O) groups is 2.